The van der Waals surface area contributed by atoms with E-state index < -0.39 is 4.92 Å². The average Bonchev–Trinajstić information content (AvgIpc) is 2.77. The van der Waals surface area contributed by atoms with Crippen LogP contribution in [0.1, 0.15) is 5.56 Å². The summed E-state index contributed by atoms with van der Waals surface area (Å²) in [7, 11) is 1.90. The number of rotatable bonds is 5. The van der Waals surface area contributed by atoms with Gasteiger partial charge in [0, 0.05) is 23.7 Å². The van der Waals surface area contributed by atoms with Crippen molar-refractivity contribution in [2.45, 2.75) is 6.54 Å². The minimum atomic E-state index is -0.427. The highest BCUT2D eigenvalue weighted by molar-refractivity contribution is 7.80. The van der Waals surface area contributed by atoms with E-state index in [4.69, 9.17) is 28.6 Å². The summed E-state index contributed by atoms with van der Waals surface area (Å²) in [6.07, 6.45) is 0. The first kappa shape index (κ1) is 15.0. The Kier molecular flexibility index (Phi) is 4.74. The van der Waals surface area contributed by atoms with Crippen LogP contribution in [0.15, 0.2) is 18.2 Å². The van der Waals surface area contributed by atoms with Crippen molar-refractivity contribution >= 4 is 34.7 Å². The summed E-state index contributed by atoms with van der Waals surface area (Å²) in [5, 5.41) is 11.8. The molecule has 6 nitrogen and oxygen atoms in total. The second-order valence-corrected chi connectivity index (χ2v) is 5.32. The monoisotopic (exact) mass is 315 g/mol. The molecule has 2 rings (SSSR count). The van der Waals surface area contributed by atoms with Gasteiger partial charge in [0.2, 0.25) is 0 Å². The van der Waals surface area contributed by atoms with Crippen molar-refractivity contribution in [2.24, 2.45) is 0 Å². The number of hydrogen-bond donors (Lipinski definition) is 0. The van der Waals surface area contributed by atoms with E-state index in [1.165, 1.54) is 12.1 Å². The Morgan fingerprint density at radius 3 is 2.95 bits per heavy atom. The molecule has 0 radical (unpaired) electrons. The summed E-state index contributed by atoms with van der Waals surface area (Å²) in [6, 6.07) is 4.44. The largest absolute Gasteiger partial charge is 0.469 e. The lowest BCUT2D eigenvalue weighted by Crippen LogP contribution is -2.35. The maximum absolute atomic E-state index is 10.8. The first-order valence-electron chi connectivity index (χ1n) is 6.00. The number of nitrogens with zero attached hydrogens (tertiary/aromatic N) is 3. The van der Waals surface area contributed by atoms with Gasteiger partial charge in [0.1, 0.15) is 6.61 Å². The lowest BCUT2D eigenvalue weighted by Gasteiger charge is -2.23. The highest BCUT2D eigenvalue weighted by atomic mass is 35.5. The Bertz CT molecular complexity index is 541. The Labute approximate surface area is 127 Å². The third-order valence-electron chi connectivity index (χ3n) is 2.94. The molecule has 0 bridgehead atoms. The van der Waals surface area contributed by atoms with Crippen molar-refractivity contribution in [1.29, 1.82) is 0 Å². The van der Waals surface area contributed by atoms with Crippen molar-refractivity contribution in [3.8, 4) is 0 Å². The SMILES string of the molecule is CN(Cc1cc([N+](=O)[O-])ccc1Cl)CN1CCOC1=S. The van der Waals surface area contributed by atoms with E-state index in [1.807, 2.05) is 16.8 Å². The van der Waals surface area contributed by atoms with Gasteiger partial charge in [-0.25, -0.2) is 0 Å². The lowest BCUT2D eigenvalue weighted by molar-refractivity contribution is -0.384. The smallest absolute Gasteiger partial charge is 0.269 e. The minimum Gasteiger partial charge on any atom is -0.469 e. The van der Waals surface area contributed by atoms with E-state index in [0.717, 1.165) is 12.1 Å². The van der Waals surface area contributed by atoms with Crippen LogP contribution in [0.5, 0.6) is 0 Å². The molecule has 0 unspecified atom stereocenters. The molecule has 0 spiro atoms. The van der Waals surface area contributed by atoms with Gasteiger partial charge >= 0.3 is 0 Å². The molecule has 8 heteroatoms. The topological polar surface area (TPSA) is 58.8 Å². The van der Waals surface area contributed by atoms with Crippen molar-refractivity contribution in [1.82, 2.24) is 9.80 Å². The zero-order valence-corrected chi connectivity index (χ0v) is 12.5. The van der Waals surface area contributed by atoms with Crippen molar-refractivity contribution < 1.29 is 9.66 Å². The van der Waals surface area contributed by atoms with Gasteiger partial charge in [-0.15, -0.1) is 0 Å². The van der Waals surface area contributed by atoms with E-state index in [0.29, 0.717) is 30.0 Å². The van der Waals surface area contributed by atoms with Crippen LogP contribution >= 0.6 is 23.8 Å². The van der Waals surface area contributed by atoms with Crippen LogP contribution in [0.3, 0.4) is 0 Å². The lowest BCUT2D eigenvalue weighted by atomic mass is 10.2. The van der Waals surface area contributed by atoms with Gasteiger partial charge < -0.3 is 9.64 Å². The van der Waals surface area contributed by atoms with Gasteiger partial charge in [0.05, 0.1) is 18.1 Å². The van der Waals surface area contributed by atoms with Crippen molar-refractivity contribution in [3.63, 3.8) is 0 Å². The predicted molar refractivity (Wildman–Crippen MR) is 79.7 cm³/mol. The second kappa shape index (κ2) is 6.34. The van der Waals surface area contributed by atoms with Gasteiger partial charge in [-0.3, -0.25) is 15.0 Å². The van der Waals surface area contributed by atoms with Crippen LogP contribution in [0.4, 0.5) is 5.69 Å². The standard InChI is InChI=1S/C12H14ClN3O3S/c1-14(8-15-4-5-19-12(15)20)7-9-6-10(16(17)18)2-3-11(9)13/h2-3,6H,4-5,7-8H2,1H3. The van der Waals surface area contributed by atoms with Gasteiger partial charge in [0.15, 0.2) is 0 Å². The molecule has 108 valence electrons. The molecule has 0 aliphatic carbocycles. The fourth-order valence-corrected chi connectivity index (χ4v) is 2.39. The third-order valence-corrected chi connectivity index (χ3v) is 3.68. The molecule has 1 aliphatic rings. The maximum Gasteiger partial charge on any atom is 0.269 e. The molecule has 0 aromatic heterocycles. The molecule has 1 fully saturated rings. The molecule has 0 atom stereocenters. The molecule has 1 saturated heterocycles. The number of thiocarbonyl (C=S) groups is 1. The number of halogens is 1. The Morgan fingerprint density at radius 2 is 2.35 bits per heavy atom. The minimum absolute atomic E-state index is 0.0397. The van der Waals surface area contributed by atoms with E-state index in [9.17, 15) is 10.1 Å². The summed E-state index contributed by atoms with van der Waals surface area (Å²) < 4.78 is 5.21. The van der Waals surface area contributed by atoms with Crippen LogP contribution < -0.4 is 0 Å². The normalized spacial score (nSPS) is 14.8. The van der Waals surface area contributed by atoms with Gasteiger partial charge in [-0.05, 0) is 30.9 Å². The maximum atomic E-state index is 10.8. The summed E-state index contributed by atoms with van der Waals surface area (Å²) in [4.78, 5) is 14.3. The molecule has 0 N–H and O–H groups in total. The van der Waals surface area contributed by atoms with Crippen molar-refractivity contribution in [3.05, 3.63) is 38.9 Å². The summed E-state index contributed by atoms with van der Waals surface area (Å²) in [5.74, 6) is 0. The number of nitro groups is 1. The van der Waals surface area contributed by atoms with Gasteiger partial charge in [-0.2, -0.15) is 0 Å². The summed E-state index contributed by atoms with van der Waals surface area (Å²) in [6.45, 7) is 2.45. The van der Waals surface area contributed by atoms with Crippen LogP contribution in [-0.4, -0.2) is 46.8 Å². The van der Waals surface area contributed by atoms with E-state index >= 15 is 0 Å². The molecule has 0 amide bonds. The van der Waals surface area contributed by atoms with Crippen LogP contribution in [0.25, 0.3) is 0 Å². The highest BCUT2D eigenvalue weighted by Crippen LogP contribution is 2.23. The number of benzene rings is 1. The van der Waals surface area contributed by atoms with Gasteiger partial charge in [-0.1, -0.05) is 11.6 Å². The first-order chi connectivity index (χ1) is 9.47. The fourth-order valence-electron chi connectivity index (χ4n) is 1.98. The zero-order chi connectivity index (χ0) is 14.7. The fraction of sp³-hybridized carbons (Fsp3) is 0.417. The molecule has 0 saturated carbocycles. The van der Waals surface area contributed by atoms with Crippen molar-refractivity contribution in [2.75, 3.05) is 26.9 Å². The average molecular weight is 316 g/mol. The number of ether oxygens (including phenoxy) is 1. The Hall–Kier alpha value is -1.44. The predicted octanol–water partition coefficient (Wildman–Crippen LogP) is 2.25. The zero-order valence-electron chi connectivity index (χ0n) is 10.9. The Balaban J connectivity index is 2.03. The molecular weight excluding hydrogens is 302 g/mol. The highest BCUT2D eigenvalue weighted by Gasteiger charge is 2.20. The first-order valence-corrected chi connectivity index (χ1v) is 6.79. The molecule has 1 aliphatic heterocycles. The van der Waals surface area contributed by atoms with E-state index in [1.54, 1.807) is 6.07 Å². The molecule has 1 heterocycles. The van der Waals surface area contributed by atoms with Gasteiger partial charge in [0.25, 0.3) is 10.9 Å². The van der Waals surface area contributed by atoms with E-state index in [-0.39, 0.29) is 5.69 Å². The summed E-state index contributed by atoms with van der Waals surface area (Å²) >= 11 is 11.1. The number of nitro benzene ring substituents is 1. The van der Waals surface area contributed by atoms with Crippen LogP contribution in [0.2, 0.25) is 5.02 Å². The molecule has 1 aromatic rings. The molecule has 1 aromatic carbocycles. The summed E-state index contributed by atoms with van der Waals surface area (Å²) in [5.41, 5.74) is 0.757. The number of non-ortho nitro benzene ring substituents is 1. The number of hydrogen-bond acceptors (Lipinski definition) is 5. The quantitative estimate of drug-likeness (QED) is 0.472. The Morgan fingerprint density at radius 1 is 1.60 bits per heavy atom. The van der Waals surface area contributed by atoms with Crippen LogP contribution in [-0.2, 0) is 11.3 Å². The van der Waals surface area contributed by atoms with Crippen LogP contribution in [0, 0.1) is 10.1 Å². The second-order valence-electron chi connectivity index (χ2n) is 4.57. The van der Waals surface area contributed by atoms with E-state index in [2.05, 4.69) is 0 Å². The molecule has 20 heavy (non-hydrogen) atoms. The molecular formula is C12H14ClN3O3S. The third kappa shape index (κ3) is 3.56.